The number of rotatable bonds is 2. The molecule has 0 fully saturated rings. The molecule has 5 nitrogen and oxygen atoms in total. The van der Waals surface area contributed by atoms with Crippen molar-refractivity contribution in [2.45, 2.75) is 13.1 Å². The molecule has 6 heteroatoms. The number of imidazole rings is 1. The topological polar surface area (TPSA) is 58.4 Å². The van der Waals surface area contributed by atoms with Crippen LogP contribution in [-0.4, -0.2) is 27.2 Å². The van der Waals surface area contributed by atoms with Crippen molar-refractivity contribution in [3.63, 3.8) is 0 Å². The molecule has 1 aliphatic rings. The average molecular weight is 278 g/mol. The lowest BCUT2D eigenvalue weighted by molar-refractivity contribution is 0.0697. The van der Waals surface area contributed by atoms with Crippen LogP contribution in [0.5, 0.6) is 0 Å². The minimum atomic E-state index is -1.01. The predicted octanol–water partition coefficient (Wildman–Crippen LogP) is 2.25. The monoisotopic (exact) mass is 277 g/mol. The van der Waals surface area contributed by atoms with Crippen LogP contribution in [0.3, 0.4) is 0 Å². The van der Waals surface area contributed by atoms with Crippen LogP contribution in [0, 0.1) is 0 Å². The zero-order valence-corrected chi connectivity index (χ0v) is 10.8. The molecule has 0 spiro atoms. The van der Waals surface area contributed by atoms with Crippen molar-refractivity contribution in [2.24, 2.45) is 0 Å². The van der Waals surface area contributed by atoms with Crippen LogP contribution in [-0.2, 0) is 13.1 Å². The predicted molar refractivity (Wildman–Crippen MR) is 71.7 cm³/mol. The van der Waals surface area contributed by atoms with Crippen molar-refractivity contribution in [1.82, 2.24) is 9.55 Å². The molecule has 1 aromatic heterocycles. The molecule has 3 rings (SSSR count). The van der Waals surface area contributed by atoms with Gasteiger partial charge in [0.05, 0.1) is 17.3 Å². The van der Waals surface area contributed by atoms with E-state index in [0.29, 0.717) is 12.2 Å². The van der Waals surface area contributed by atoms with E-state index in [1.54, 1.807) is 24.4 Å². The summed E-state index contributed by atoms with van der Waals surface area (Å²) < 4.78 is 2.07. The number of fused-ring (bicyclic) bond motifs is 1. The van der Waals surface area contributed by atoms with Crippen molar-refractivity contribution < 1.29 is 9.90 Å². The van der Waals surface area contributed by atoms with Gasteiger partial charge in [-0.05, 0) is 12.1 Å². The van der Waals surface area contributed by atoms with Crippen LogP contribution >= 0.6 is 11.6 Å². The third kappa shape index (κ3) is 2.06. The minimum absolute atomic E-state index is 0.157. The second kappa shape index (κ2) is 4.59. The largest absolute Gasteiger partial charge is 0.478 e. The van der Waals surface area contributed by atoms with Gasteiger partial charge in [0.25, 0.3) is 0 Å². The first-order valence-electron chi connectivity index (χ1n) is 5.93. The number of carboxylic acid groups (broad SMARTS) is 1. The number of benzene rings is 1. The number of nitrogens with zero attached hydrogens (tertiary/aromatic N) is 3. The van der Waals surface area contributed by atoms with E-state index in [-0.39, 0.29) is 10.6 Å². The number of aromatic nitrogens is 2. The maximum atomic E-state index is 11.3. The number of hydrogen-bond donors (Lipinski definition) is 1. The Labute approximate surface area is 115 Å². The van der Waals surface area contributed by atoms with Gasteiger partial charge in [0, 0.05) is 25.5 Å². The molecular weight excluding hydrogens is 266 g/mol. The molecule has 0 saturated heterocycles. The Morgan fingerprint density at radius 1 is 1.37 bits per heavy atom. The van der Waals surface area contributed by atoms with Crippen molar-refractivity contribution in [2.75, 3.05) is 11.4 Å². The van der Waals surface area contributed by atoms with Gasteiger partial charge < -0.3 is 14.6 Å². The second-order valence-corrected chi connectivity index (χ2v) is 4.80. The van der Waals surface area contributed by atoms with Crippen LogP contribution in [0.2, 0.25) is 5.02 Å². The maximum absolute atomic E-state index is 11.3. The molecule has 0 amide bonds. The lowest BCUT2D eigenvalue weighted by atomic mass is 10.1. The van der Waals surface area contributed by atoms with Crippen molar-refractivity contribution >= 4 is 23.3 Å². The Bertz CT molecular complexity index is 639. The van der Waals surface area contributed by atoms with E-state index in [0.717, 1.165) is 18.9 Å². The summed E-state index contributed by atoms with van der Waals surface area (Å²) >= 11 is 5.99. The number of carboxylic acids is 1. The molecular formula is C13H12ClN3O2. The molecule has 0 saturated carbocycles. The Morgan fingerprint density at radius 2 is 2.21 bits per heavy atom. The summed E-state index contributed by atoms with van der Waals surface area (Å²) in [6.45, 7) is 2.12. The highest BCUT2D eigenvalue weighted by Gasteiger charge is 2.23. The Balaban J connectivity index is 2.00. The molecule has 2 aromatic rings. The minimum Gasteiger partial charge on any atom is -0.478 e. The van der Waals surface area contributed by atoms with Gasteiger partial charge in [-0.25, -0.2) is 9.78 Å². The molecule has 0 bridgehead atoms. The zero-order valence-electron chi connectivity index (χ0n) is 10.1. The molecule has 98 valence electrons. The van der Waals surface area contributed by atoms with Gasteiger partial charge in [0.2, 0.25) is 0 Å². The van der Waals surface area contributed by atoms with Gasteiger partial charge in [-0.2, -0.15) is 0 Å². The van der Waals surface area contributed by atoms with E-state index < -0.39 is 5.97 Å². The summed E-state index contributed by atoms with van der Waals surface area (Å²) in [4.78, 5) is 17.6. The van der Waals surface area contributed by atoms with E-state index in [9.17, 15) is 9.90 Å². The van der Waals surface area contributed by atoms with Gasteiger partial charge in [-0.15, -0.1) is 0 Å². The summed E-state index contributed by atoms with van der Waals surface area (Å²) in [5.41, 5.74) is 0.804. The second-order valence-electron chi connectivity index (χ2n) is 4.40. The van der Waals surface area contributed by atoms with Gasteiger partial charge in [0.1, 0.15) is 11.4 Å². The first-order chi connectivity index (χ1) is 9.16. The van der Waals surface area contributed by atoms with Crippen molar-refractivity contribution in [3.8, 4) is 0 Å². The smallest absolute Gasteiger partial charge is 0.339 e. The summed E-state index contributed by atoms with van der Waals surface area (Å²) in [7, 11) is 0. The standard InChI is InChI=1S/C13H12ClN3O2/c14-9-2-1-3-10(12(9)13(18)19)17-7-6-16-5-4-15-11(16)8-17/h1-5H,6-8H2,(H,18,19). The third-order valence-electron chi connectivity index (χ3n) is 3.29. The summed E-state index contributed by atoms with van der Waals surface area (Å²) in [5.74, 6) is -0.0721. The first-order valence-corrected chi connectivity index (χ1v) is 6.31. The van der Waals surface area contributed by atoms with Gasteiger partial charge >= 0.3 is 5.97 Å². The fourth-order valence-electron chi connectivity index (χ4n) is 2.37. The fraction of sp³-hybridized carbons (Fsp3) is 0.231. The highest BCUT2D eigenvalue weighted by Crippen LogP contribution is 2.29. The van der Waals surface area contributed by atoms with Crippen LogP contribution in [0.4, 0.5) is 5.69 Å². The molecule has 1 aliphatic heterocycles. The molecule has 1 N–H and O–H groups in total. The summed E-state index contributed by atoms with van der Waals surface area (Å²) in [5, 5.41) is 9.56. The van der Waals surface area contributed by atoms with Gasteiger partial charge in [-0.1, -0.05) is 17.7 Å². The lowest BCUT2D eigenvalue weighted by Gasteiger charge is -2.30. The number of carbonyl (C=O) groups is 1. The van der Waals surface area contributed by atoms with E-state index >= 15 is 0 Å². The number of anilines is 1. The zero-order chi connectivity index (χ0) is 13.4. The quantitative estimate of drug-likeness (QED) is 0.915. The van der Waals surface area contributed by atoms with E-state index in [4.69, 9.17) is 11.6 Å². The Kier molecular flexibility index (Phi) is 2.91. The van der Waals surface area contributed by atoms with E-state index in [1.807, 2.05) is 11.1 Å². The molecule has 0 radical (unpaired) electrons. The van der Waals surface area contributed by atoms with Crippen molar-refractivity contribution in [3.05, 3.63) is 47.0 Å². The summed E-state index contributed by atoms with van der Waals surface area (Å²) in [6.07, 6.45) is 3.69. The lowest BCUT2D eigenvalue weighted by Crippen LogP contribution is -2.34. The van der Waals surface area contributed by atoms with Crippen LogP contribution in [0.15, 0.2) is 30.6 Å². The molecule has 0 aliphatic carbocycles. The normalized spacial score (nSPS) is 14.3. The third-order valence-corrected chi connectivity index (χ3v) is 3.61. The highest BCUT2D eigenvalue weighted by molar-refractivity contribution is 6.34. The molecule has 2 heterocycles. The van der Waals surface area contributed by atoms with Gasteiger partial charge in [-0.3, -0.25) is 0 Å². The number of aromatic carboxylic acids is 1. The fourth-order valence-corrected chi connectivity index (χ4v) is 2.62. The van der Waals surface area contributed by atoms with E-state index in [2.05, 4.69) is 9.55 Å². The Morgan fingerprint density at radius 3 is 3.00 bits per heavy atom. The maximum Gasteiger partial charge on any atom is 0.339 e. The number of hydrogen-bond acceptors (Lipinski definition) is 3. The van der Waals surface area contributed by atoms with E-state index in [1.165, 1.54) is 0 Å². The van der Waals surface area contributed by atoms with Gasteiger partial charge in [0.15, 0.2) is 0 Å². The summed E-state index contributed by atoms with van der Waals surface area (Å²) in [6, 6.07) is 5.15. The average Bonchev–Trinajstić information content (AvgIpc) is 2.85. The first kappa shape index (κ1) is 12.0. The highest BCUT2D eigenvalue weighted by atomic mass is 35.5. The molecule has 1 aromatic carbocycles. The van der Waals surface area contributed by atoms with Crippen LogP contribution in [0.1, 0.15) is 16.2 Å². The SMILES string of the molecule is O=C(O)c1c(Cl)cccc1N1CCn2ccnc2C1. The molecule has 19 heavy (non-hydrogen) atoms. The molecule has 0 atom stereocenters. The van der Waals surface area contributed by atoms with Crippen LogP contribution < -0.4 is 4.90 Å². The Hall–Kier alpha value is -2.01. The molecule has 0 unspecified atom stereocenters. The van der Waals surface area contributed by atoms with Crippen LogP contribution in [0.25, 0.3) is 0 Å². The number of halogens is 1. The van der Waals surface area contributed by atoms with Crippen molar-refractivity contribution in [1.29, 1.82) is 0 Å².